The quantitative estimate of drug-likeness (QED) is 0.577. The molecule has 4 heteroatoms. The molecule has 0 fully saturated rings. The fraction of sp³-hybridized carbons (Fsp3) is 0.200. The van der Waals surface area contributed by atoms with Gasteiger partial charge in [-0.3, -0.25) is 0 Å². The first kappa shape index (κ1) is 10.8. The van der Waals surface area contributed by atoms with Crippen LogP contribution < -0.4 is 0 Å². The predicted octanol–water partition coefficient (Wildman–Crippen LogP) is 2.71. The van der Waals surface area contributed by atoms with Crippen molar-refractivity contribution >= 4 is 0 Å². The first-order valence-corrected chi connectivity index (χ1v) is 3.91. The molecule has 14 heavy (non-hydrogen) atoms. The third kappa shape index (κ3) is 1.96. The highest BCUT2D eigenvalue weighted by Crippen LogP contribution is 2.24. The Morgan fingerprint density at radius 1 is 1.21 bits per heavy atom. The molecule has 0 heterocycles. The smallest absolute Gasteiger partial charge is 0.161 e. The second-order valence-corrected chi connectivity index (χ2v) is 3.04. The molecular weight excluding hydrogens is 193 g/mol. The van der Waals surface area contributed by atoms with Gasteiger partial charge in [0.25, 0.3) is 0 Å². The molecular formula is C10H9F3O. The molecule has 0 radical (unpaired) electrons. The number of hydrogen-bond donors (Lipinski definition) is 1. The van der Waals surface area contributed by atoms with Gasteiger partial charge < -0.3 is 5.11 Å². The average molecular weight is 202 g/mol. The second-order valence-electron chi connectivity index (χ2n) is 3.04. The van der Waals surface area contributed by atoms with Crippen molar-refractivity contribution in [2.45, 2.75) is 13.0 Å². The van der Waals surface area contributed by atoms with Gasteiger partial charge in [-0.1, -0.05) is 6.58 Å². The maximum absolute atomic E-state index is 13.0. The first-order chi connectivity index (χ1) is 6.43. The molecule has 0 spiro atoms. The van der Waals surface area contributed by atoms with Crippen molar-refractivity contribution in [3.05, 3.63) is 47.3 Å². The van der Waals surface area contributed by atoms with E-state index in [-0.39, 0.29) is 11.1 Å². The molecule has 1 aromatic carbocycles. The molecule has 0 saturated carbocycles. The van der Waals surface area contributed by atoms with Gasteiger partial charge in [0.2, 0.25) is 0 Å². The second kappa shape index (κ2) is 3.84. The molecule has 1 nitrogen and oxygen atoms in total. The molecule has 1 atom stereocenters. The van der Waals surface area contributed by atoms with Crippen LogP contribution in [0.15, 0.2) is 24.3 Å². The van der Waals surface area contributed by atoms with Crippen molar-refractivity contribution in [3.8, 4) is 0 Å². The van der Waals surface area contributed by atoms with Crippen molar-refractivity contribution in [3.63, 3.8) is 0 Å². The molecule has 1 N–H and O–H groups in total. The topological polar surface area (TPSA) is 20.2 Å². The highest BCUT2D eigenvalue weighted by molar-refractivity contribution is 5.27. The number of rotatable bonds is 2. The Morgan fingerprint density at radius 3 is 2.21 bits per heavy atom. The average Bonchev–Trinajstić information content (AvgIpc) is 2.10. The Bertz CT molecular complexity index is 374. The maximum Gasteiger partial charge on any atom is 0.161 e. The van der Waals surface area contributed by atoms with Crippen LogP contribution in [-0.4, -0.2) is 5.11 Å². The van der Waals surface area contributed by atoms with Crippen LogP contribution in [-0.2, 0) is 0 Å². The van der Waals surface area contributed by atoms with Crippen LogP contribution in [0.1, 0.15) is 18.6 Å². The zero-order chi connectivity index (χ0) is 10.9. The molecule has 0 aliphatic carbocycles. The van der Waals surface area contributed by atoms with Crippen LogP contribution in [0.5, 0.6) is 0 Å². The summed E-state index contributed by atoms with van der Waals surface area (Å²) in [5, 5.41) is 9.37. The van der Waals surface area contributed by atoms with Gasteiger partial charge in [-0.2, -0.15) is 0 Å². The van der Waals surface area contributed by atoms with E-state index < -0.39 is 23.6 Å². The van der Waals surface area contributed by atoms with E-state index in [1.54, 1.807) is 0 Å². The van der Waals surface area contributed by atoms with Gasteiger partial charge in [0.15, 0.2) is 11.6 Å². The van der Waals surface area contributed by atoms with E-state index in [1.165, 1.54) is 6.92 Å². The lowest BCUT2D eigenvalue weighted by atomic mass is 10.0. The van der Waals surface area contributed by atoms with Crippen LogP contribution in [0.2, 0.25) is 0 Å². The van der Waals surface area contributed by atoms with Gasteiger partial charge in [0.05, 0.1) is 0 Å². The predicted molar refractivity (Wildman–Crippen MR) is 46.1 cm³/mol. The summed E-state index contributed by atoms with van der Waals surface area (Å²) in [5.41, 5.74) is -0.0497. The molecule has 0 aliphatic heterocycles. The Balaban J connectivity index is 3.22. The van der Waals surface area contributed by atoms with E-state index in [1.807, 2.05) is 0 Å². The zero-order valence-electron chi connectivity index (χ0n) is 7.52. The van der Waals surface area contributed by atoms with Crippen molar-refractivity contribution in [2.75, 3.05) is 0 Å². The van der Waals surface area contributed by atoms with Crippen LogP contribution in [0.4, 0.5) is 13.2 Å². The third-order valence-corrected chi connectivity index (χ3v) is 1.80. The molecule has 1 rings (SSSR count). The fourth-order valence-electron chi connectivity index (χ4n) is 1.01. The van der Waals surface area contributed by atoms with E-state index in [0.717, 1.165) is 0 Å². The lowest BCUT2D eigenvalue weighted by Gasteiger charge is -2.11. The Kier molecular flexibility index (Phi) is 2.96. The summed E-state index contributed by atoms with van der Waals surface area (Å²) in [6, 6.07) is 1.03. The molecule has 0 aliphatic rings. The largest absolute Gasteiger partial charge is 0.384 e. The summed E-state index contributed by atoms with van der Waals surface area (Å²) in [6.07, 6.45) is -1.31. The van der Waals surface area contributed by atoms with Crippen LogP contribution in [0, 0.1) is 17.5 Å². The summed E-state index contributed by atoms with van der Waals surface area (Å²) in [6.45, 7) is 4.86. The molecule has 1 unspecified atom stereocenters. The fourth-order valence-corrected chi connectivity index (χ4v) is 1.01. The molecule has 0 saturated heterocycles. The van der Waals surface area contributed by atoms with E-state index >= 15 is 0 Å². The molecule has 0 amide bonds. The minimum Gasteiger partial charge on any atom is -0.384 e. The standard InChI is InChI=1S/C10H9F3O/c1-5(2)10(14)6-3-8(12)9(13)4-7(6)11/h3-4,10,14H,1H2,2H3. The summed E-state index contributed by atoms with van der Waals surface area (Å²) < 4.78 is 38.2. The minimum absolute atomic E-state index is 0.259. The third-order valence-electron chi connectivity index (χ3n) is 1.80. The van der Waals surface area contributed by atoms with Gasteiger partial charge in [0.1, 0.15) is 11.9 Å². The maximum atomic E-state index is 13.0. The van der Waals surface area contributed by atoms with Gasteiger partial charge in [0, 0.05) is 11.6 Å². The van der Waals surface area contributed by atoms with Crippen LogP contribution in [0.25, 0.3) is 0 Å². The van der Waals surface area contributed by atoms with Crippen molar-refractivity contribution in [2.24, 2.45) is 0 Å². The van der Waals surface area contributed by atoms with Crippen LogP contribution >= 0.6 is 0 Å². The number of aliphatic hydroxyl groups excluding tert-OH is 1. The zero-order valence-corrected chi connectivity index (χ0v) is 7.52. The molecule has 0 bridgehead atoms. The normalized spacial score (nSPS) is 12.6. The highest BCUT2D eigenvalue weighted by atomic mass is 19.2. The van der Waals surface area contributed by atoms with Gasteiger partial charge in [-0.05, 0) is 18.6 Å². The Hall–Kier alpha value is -1.29. The van der Waals surface area contributed by atoms with E-state index in [4.69, 9.17) is 0 Å². The molecule has 1 aromatic rings. The number of hydrogen-bond acceptors (Lipinski definition) is 1. The summed E-state index contributed by atoms with van der Waals surface area (Å²) in [5.74, 6) is -3.46. The lowest BCUT2D eigenvalue weighted by Crippen LogP contribution is -2.03. The monoisotopic (exact) mass is 202 g/mol. The van der Waals surface area contributed by atoms with Crippen LogP contribution in [0.3, 0.4) is 0 Å². The van der Waals surface area contributed by atoms with Crippen molar-refractivity contribution in [1.29, 1.82) is 0 Å². The summed E-state index contributed by atoms with van der Waals surface area (Å²) in [4.78, 5) is 0. The van der Waals surface area contributed by atoms with E-state index in [2.05, 4.69) is 6.58 Å². The number of aliphatic hydroxyl groups is 1. The van der Waals surface area contributed by atoms with Gasteiger partial charge in [-0.25, -0.2) is 13.2 Å². The number of halogens is 3. The Morgan fingerprint density at radius 2 is 1.71 bits per heavy atom. The van der Waals surface area contributed by atoms with Crippen molar-refractivity contribution < 1.29 is 18.3 Å². The SMILES string of the molecule is C=C(C)C(O)c1cc(F)c(F)cc1F. The molecule has 0 aromatic heterocycles. The van der Waals surface area contributed by atoms with Crippen molar-refractivity contribution in [1.82, 2.24) is 0 Å². The van der Waals surface area contributed by atoms with E-state index in [0.29, 0.717) is 12.1 Å². The molecule has 76 valence electrons. The lowest BCUT2D eigenvalue weighted by molar-refractivity contribution is 0.210. The number of benzene rings is 1. The summed E-state index contributed by atoms with van der Waals surface area (Å²) in [7, 11) is 0. The first-order valence-electron chi connectivity index (χ1n) is 3.91. The highest BCUT2D eigenvalue weighted by Gasteiger charge is 2.16. The van der Waals surface area contributed by atoms with Gasteiger partial charge in [-0.15, -0.1) is 0 Å². The minimum atomic E-state index is -1.31. The Labute approximate surface area is 79.5 Å². The van der Waals surface area contributed by atoms with Gasteiger partial charge >= 0.3 is 0 Å². The summed E-state index contributed by atoms with van der Waals surface area (Å²) >= 11 is 0. The van der Waals surface area contributed by atoms with E-state index in [9.17, 15) is 18.3 Å².